The summed E-state index contributed by atoms with van der Waals surface area (Å²) < 4.78 is 39.9. The third kappa shape index (κ3) is 6.29. The summed E-state index contributed by atoms with van der Waals surface area (Å²) in [6.07, 6.45) is 4.30. The van der Waals surface area contributed by atoms with Gasteiger partial charge in [-0.25, -0.2) is 9.07 Å². The van der Waals surface area contributed by atoms with Gasteiger partial charge < -0.3 is 4.90 Å². The fourth-order valence-electron chi connectivity index (χ4n) is 2.26. The molecule has 2 heterocycles. The van der Waals surface area contributed by atoms with E-state index < -0.39 is 10.1 Å². The highest BCUT2D eigenvalue weighted by molar-refractivity contribution is 7.99. The maximum Gasteiger partial charge on any atom is 0.264 e. The molecule has 0 atom stereocenters. The minimum absolute atomic E-state index is 0.199. The summed E-state index contributed by atoms with van der Waals surface area (Å²) >= 11 is 1.91. The van der Waals surface area contributed by atoms with E-state index in [0.29, 0.717) is 11.4 Å². The molecule has 1 aliphatic rings. The third-order valence-corrected chi connectivity index (χ3v) is 4.91. The van der Waals surface area contributed by atoms with E-state index in [1.807, 2.05) is 23.9 Å². The van der Waals surface area contributed by atoms with Gasteiger partial charge in [0.15, 0.2) is 0 Å². The van der Waals surface area contributed by atoms with E-state index in [1.165, 1.54) is 6.07 Å². The van der Waals surface area contributed by atoms with Crippen LogP contribution in [0.25, 0.3) is 5.69 Å². The number of nitrogens with zero attached hydrogens (tertiary/aromatic N) is 4. The van der Waals surface area contributed by atoms with E-state index in [4.69, 9.17) is 0 Å². The number of rotatable bonds is 4. The average molecular weight is 388 g/mol. The van der Waals surface area contributed by atoms with Crippen LogP contribution >= 0.6 is 11.8 Å². The number of thioether (sulfide) groups is 1. The molecule has 0 amide bonds. The smallest absolute Gasteiger partial charge is 0.264 e. The molecule has 138 valence electrons. The van der Waals surface area contributed by atoms with Crippen LogP contribution in [-0.2, 0) is 14.3 Å². The van der Waals surface area contributed by atoms with Crippen molar-refractivity contribution < 1.29 is 17.0 Å². The molecule has 1 aromatic heterocycles. The molecule has 0 saturated carbocycles. The van der Waals surface area contributed by atoms with Crippen LogP contribution in [0.15, 0.2) is 30.6 Å². The molecule has 10 heteroatoms. The predicted molar refractivity (Wildman–Crippen MR) is 97.3 cm³/mol. The van der Waals surface area contributed by atoms with E-state index >= 15 is 0 Å². The summed E-state index contributed by atoms with van der Waals surface area (Å²) in [4.78, 5) is 2.09. The molecule has 0 aliphatic carbocycles. The predicted octanol–water partition coefficient (Wildman–Crippen LogP) is 1.94. The van der Waals surface area contributed by atoms with Gasteiger partial charge in [-0.05, 0) is 19.1 Å². The Morgan fingerprint density at radius 3 is 2.52 bits per heavy atom. The van der Waals surface area contributed by atoms with Crippen molar-refractivity contribution in [1.82, 2.24) is 15.0 Å². The van der Waals surface area contributed by atoms with Crippen molar-refractivity contribution in [2.45, 2.75) is 6.92 Å². The third-order valence-electron chi connectivity index (χ3n) is 3.30. The summed E-state index contributed by atoms with van der Waals surface area (Å²) in [5.74, 6) is 1.92. The normalized spacial score (nSPS) is 14.8. The SMILES string of the molecule is CCOS(C)(=O)=O.Fc1cc(-n2ccnn2)ccc1N1CCSCC1. The molecule has 0 N–H and O–H groups in total. The number of benzene rings is 1. The Bertz CT molecular complexity index is 763. The lowest BCUT2D eigenvalue weighted by atomic mass is 10.2. The van der Waals surface area contributed by atoms with Crippen molar-refractivity contribution in [3.8, 4) is 5.69 Å². The van der Waals surface area contributed by atoms with Crippen LogP contribution < -0.4 is 4.90 Å². The first-order valence-corrected chi connectivity index (χ1v) is 10.7. The quantitative estimate of drug-likeness (QED) is 0.741. The van der Waals surface area contributed by atoms with E-state index in [-0.39, 0.29) is 12.4 Å². The van der Waals surface area contributed by atoms with Crippen molar-refractivity contribution in [3.05, 3.63) is 36.4 Å². The van der Waals surface area contributed by atoms with Crippen LogP contribution in [0.5, 0.6) is 0 Å². The summed E-state index contributed by atoms with van der Waals surface area (Å²) in [5.41, 5.74) is 1.37. The molecular weight excluding hydrogens is 367 g/mol. The van der Waals surface area contributed by atoms with Crippen LogP contribution in [0.4, 0.5) is 10.1 Å². The van der Waals surface area contributed by atoms with Crippen LogP contribution in [0.2, 0.25) is 0 Å². The molecule has 0 bridgehead atoms. The zero-order valence-corrected chi connectivity index (χ0v) is 15.8. The molecule has 0 spiro atoms. The lowest BCUT2D eigenvalue weighted by molar-refractivity contribution is 0.342. The Balaban J connectivity index is 0.000000277. The van der Waals surface area contributed by atoms with Crippen molar-refractivity contribution in [3.63, 3.8) is 0 Å². The van der Waals surface area contributed by atoms with Crippen LogP contribution in [-0.4, -0.2) is 60.9 Å². The van der Waals surface area contributed by atoms with Crippen molar-refractivity contribution in [2.75, 3.05) is 42.4 Å². The number of aromatic nitrogens is 3. The maximum atomic E-state index is 14.1. The second kappa shape index (κ2) is 9.16. The first-order chi connectivity index (χ1) is 11.9. The lowest BCUT2D eigenvalue weighted by Gasteiger charge is -2.28. The average Bonchev–Trinajstić information content (AvgIpc) is 3.09. The molecule has 0 radical (unpaired) electrons. The molecule has 7 nitrogen and oxygen atoms in total. The fraction of sp³-hybridized carbons (Fsp3) is 0.467. The van der Waals surface area contributed by atoms with Gasteiger partial charge in [0.1, 0.15) is 5.82 Å². The molecule has 3 rings (SSSR count). The molecule has 1 saturated heterocycles. The van der Waals surface area contributed by atoms with E-state index in [2.05, 4.69) is 19.4 Å². The standard InChI is InChI=1S/C12H13FN4S.C3H8O3S/c13-11-9-10(17-4-3-14-15-17)1-2-12(11)16-5-7-18-8-6-16;1-3-6-7(2,4)5/h1-4,9H,5-8H2;3H2,1-2H3. The number of anilines is 1. The number of hydrogen-bond donors (Lipinski definition) is 0. The van der Waals surface area contributed by atoms with Gasteiger partial charge in [-0.1, -0.05) is 5.21 Å². The second-order valence-corrected chi connectivity index (χ2v) is 8.06. The highest BCUT2D eigenvalue weighted by Gasteiger charge is 2.15. The number of halogens is 1. The van der Waals surface area contributed by atoms with Gasteiger partial charge in [0.25, 0.3) is 10.1 Å². The highest BCUT2D eigenvalue weighted by Crippen LogP contribution is 2.24. The van der Waals surface area contributed by atoms with Gasteiger partial charge in [0.05, 0.1) is 36.6 Å². The molecule has 1 aliphatic heterocycles. The van der Waals surface area contributed by atoms with Gasteiger partial charge in [0.2, 0.25) is 0 Å². The maximum absolute atomic E-state index is 14.1. The molecular formula is C15H21FN4O3S2. The Hall–Kier alpha value is -1.65. The minimum atomic E-state index is -3.17. The molecule has 1 aromatic carbocycles. The van der Waals surface area contributed by atoms with Crippen molar-refractivity contribution in [1.29, 1.82) is 0 Å². The summed E-state index contributed by atoms with van der Waals surface area (Å²) in [6, 6.07) is 5.20. The molecule has 2 aromatic rings. The van der Waals surface area contributed by atoms with Crippen molar-refractivity contribution >= 4 is 27.6 Å². The first-order valence-electron chi connectivity index (χ1n) is 7.74. The Kier molecular flexibility index (Phi) is 7.21. The van der Waals surface area contributed by atoms with E-state index in [9.17, 15) is 12.8 Å². The highest BCUT2D eigenvalue weighted by atomic mass is 32.2. The lowest BCUT2D eigenvalue weighted by Crippen LogP contribution is -2.33. The van der Waals surface area contributed by atoms with Gasteiger partial charge in [-0.2, -0.15) is 20.2 Å². The fourth-order valence-corrected chi connectivity index (χ4v) is 3.59. The largest absolute Gasteiger partial charge is 0.368 e. The zero-order chi connectivity index (χ0) is 18.3. The first kappa shape index (κ1) is 19.7. The zero-order valence-electron chi connectivity index (χ0n) is 14.1. The summed E-state index contributed by atoms with van der Waals surface area (Å²) in [6.45, 7) is 3.66. The van der Waals surface area contributed by atoms with Crippen LogP contribution in [0.3, 0.4) is 0 Å². The van der Waals surface area contributed by atoms with Gasteiger partial charge in [0, 0.05) is 30.7 Å². The Morgan fingerprint density at radius 1 is 1.32 bits per heavy atom. The monoisotopic (exact) mass is 388 g/mol. The van der Waals surface area contributed by atoms with Gasteiger partial charge >= 0.3 is 0 Å². The second-order valence-electron chi connectivity index (χ2n) is 5.19. The van der Waals surface area contributed by atoms with Crippen LogP contribution in [0, 0.1) is 5.82 Å². The topological polar surface area (TPSA) is 77.3 Å². The minimum Gasteiger partial charge on any atom is -0.368 e. The van der Waals surface area contributed by atoms with E-state index in [0.717, 1.165) is 30.9 Å². The van der Waals surface area contributed by atoms with E-state index in [1.54, 1.807) is 24.0 Å². The van der Waals surface area contributed by atoms with Crippen molar-refractivity contribution in [2.24, 2.45) is 0 Å². The molecule has 0 unspecified atom stereocenters. The molecule has 1 fully saturated rings. The Labute approximate surface area is 151 Å². The Morgan fingerprint density at radius 2 is 2.04 bits per heavy atom. The van der Waals surface area contributed by atoms with Gasteiger partial charge in [-0.3, -0.25) is 4.18 Å². The van der Waals surface area contributed by atoms with Gasteiger partial charge in [-0.15, -0.1) is 5.10 Å². The molecule has 25 heavy (non-hydrogen) atoms. The van der Waals surface area contributed by atoms with Crippen LogP contribution in [0.1, 0.15) is 6.92 Å². The summed E-state index contributed by atoms with van der Waals surface area (Å²) in [7, 11) is -3.17. The summed E-state index contributed by atoms with van der Waals surface area (Å²) in [5, 5.41) is 7.57. The number of hydrogen-bond acceptors (Lipinski definition) is 7.